The molecule has 88 valence electrons. The predicted molar refractivity (Wildman–Crippen MR) is 63.1 cm³/mol. The smallest absolute Gasteiger partial charge is 0.320 e. The third-order valence-corrected chi connectivity index (χ3v) is 4.19. The van der Waals surface area contributed by atoms with Crippen LogP contribution in [0, 0.1) is 0 Å². The van der Waals surface area contributed by atoms with Crippen LogP contribution in [-0.4, -0.2) is 27.5 Å². The number of carboxylic acid groups (broad SMARTS) is 1. The van der Waals surface area contributed by atoms with Crippen LogP contribution in [-0.2, 0) is 24.1 Å². The largest absolute Gasteiger partial charge is 0.480 e. The molecule has 0 saturated heterocycles. The second kappa shape index (κ2) is 4.69. The lowest BCUT2D eigenvalue weighted by atomic mass is 10.0. The van der Waals surface area contributed by atoms with Gasteiger partial charge in [-0.15, -0.1) is 22.9 Å². The van der Waals surface area contributed by atoms with Crippen LogP contribution < -0.4 is 5.73 Å². The zero-order chi connectivity index (χ0) is 11.7. The Labute approximate surface area is 102 Å². The summed E-state index contributed by atoms with van der Waals surface area (Å²) in [6, 6.07) is -0.862. The molecule has 1 heterocycles. The van der Waals surface area contributed by atoms with Crippen LogP contribution in [0.15, 0.2) is 0 Å². The second-order valence-corrected chi connectivity index (χ2v) is 5.75. The fourth-order valence-corrected chi connectivity index (χ4v) is 3.18. The maximum atomic E-state index is 10.6. The molecule has 0 aromatic carbocycles. The molecule has 0 aliphatic heterocycles. The van der Waals surface area contributed by atoms with Crippen molar-refractivity contribution < 1.29 is 9.90 Å². The number of thiazole rings is 1. The zero-order valence-corrected chi connectivity index (χ0v) is 10.2. The van der Waals surface area contributed by atoms with Gasteiger partial charge < -0.3 is 10.8 Å². The molecule has 0 spiro atoms. The molecule has 4 nitrogen and oxygen atoms in total. The van der Waals surface area contributed by atoms with Crippen LogP contribution in [0.1, 0.15) is 22.0 Å². The maximum absolute atomic E-state index is 10.6. The summed E-state index contributed by atoms with van der Waals surface area (Å²) in [5, 5.41) is 9.69. The van der Waals surface area contributed by atoms with Crippen molar-refractivity contribution in [3.8, 4) is 0 Å². The summed E-state index contributed by atoms with van der Waals surface area (Å²) in [6.07, 6.45) is 3.01. The lowest BCUT2D eigenvalue weighted by Gasteiger charge is -2.13. The highest BCUT2D eigenvalue weighted by atomic mass is 35.5. The number of carbonyl (C=O) groups is 1. The summed E-state index contributed by atoms with van der Waals surface area (Å²) < 4.78 is 0. The quantitative estimate of drug-likeness (QED) is 0.801. The Morgan fingerprint density at radius 2 is 2.50 bits per heavy atom. The molecule has 3 N–H and O–H groups in total. The molecule has 16 heavy (non-hydrogen) atoms. The molecule has 6 heteroatoms. The molecular formula is C10H13ClN2O2S. The monoisotopic (exact) mass is 260 g/mol. The molecule has 2 rings (SSSR count). The SMILES string of the molecule is N[C@@H](Cc1nc2c(s1)CCC(Cl)C2)C(=O)O. The van der Waals surface area contributed by atoms with E-state index >= 15 is 0 Å². The van der Waals surface area contributed by atoms with Crippen molar-refractivity contribution in [3.63, 3.8) is 0 Å². The molecule has 0 saturated carbocycles. The number of nitrogens with zero attached hydrogens (tertiary/aromatic N) is 1. The molecule has 0 amide bonds. The van der Waals surface area contributed by atoms with E-state index in [0.717, 1.165) is 30.0 Å². The third kappa shape index (κ3) is 2.53. The number of rotatable bonds is 3. The van der Waals surface area contributed by atoms with Crippen LogP contribution >= 0.6 is 22.9 Å². The fourth-order valence-electron chi connectivity index (χ4n) is 1.75. The molecule has 0 bridgehead atoms. The van der Waals surface area contributed by atoms with Gasteiger partial charge in [0, 0.05) is 23.1 Å². The first-order valence-electron chi connectivity index (χ1n) is 5.16. The van der Waals surface area contributed by atoms with Crippen LogP contribution in [0.5, 0.6) is 0 Å². The predicted octanol–water partition coefficient (Wildman–Crippen LogP) is 1.19. The summed E-state index contributed by atoms with van der Waals surface area (Å²) >= 11 is 7.63. The van der Waals surface area contributed by atoms with Crippen LogP contribution in [0.4, 0.5) is 0 Å². The summed E-state index contributed by atoms with van der Waals surface area (Å²) in [7, 11) is 0. The Kier molecular flexibility index (Phi) is 3.47. The number of hydrogen-bond acceptors (Lipinski definition) is 4. The number of alkyl halides is 1. The van der Waals surface area contributed by atoms with Crippen molar-refractivity contribution in [1.29, 1.82) is 0 Å². The van der Waals surface area contributed by atoms with Gasteiger partial charge in [-0.25, -0.2) is 4.98 Å². The first-order chi connectivity index (χ1) is 7.56. The summed E-state index contributed by atoms with van der Waals surface area (Å²) in [4.78, 5) is 16.3. The van der Waals surface area contributed by atoms with E-state index in [4.69, 9.17) is 22.4 Å². The Bertz CT molecular complexity index is 408. The van der Waals surface area contributed by atoms with Crippen molar-refractivity contribution in [2.24, 2.45) is 5.73 Å². The van der Waals surface area contributed by atoms with E-state index < -0.39 is 12.0 Å². The summed E-state index contributed by atoms with van der Waals surface area (Å²) in [6.45, 7) is 0. The lowest BCUT2D eigenvalue weighted by Crippen LogP contribution is -2.32. The molecule has 1 aromatic rings. The Balaban J connectivity index is 2.10. The first-order valence-corrected chi connectivity index (χ1v) is 6.41. The van der Waals surface area contributed by atoms with Gasteiger partial charge >= 0.3 is 5.97 Å². The number of aliphatic carboxylic acids is 1. The highest BCUT2D eigenvalue weighted by Gasteiger charge is 2.22. The fraction of sp³-hybridized carbons (Fsp3) is 0.600. The molecule has 1 unspecified atom stereocenters. The van der Waals surface area contributed by atoms with Crippen LogP contribution in [0.25, 0.3) is 0 Å². The molecule has 1 aromatic heterocycles. The Morgan fingerprint density at radius 3 is 3.19 bits per heavy atom. The van der Waals surface area contributed by atoms with Gasteiger partial charge in [-0.1, -0.05) is 0 Å². The number of nitrogens with two attached hydrogens (primary N) is 1. The van der Waals surface area contributed by atoms with Crippen molar-refractivity contribution in [3.05, 3.63) is 15.6 Å². The average molecular weight is 261 g/mol. The normalized spacial score (nSPS) is 21.5. The minimum atomic E-state index is -0.983. The maximum Gasteiger partial charge on any atom is 0.320 e. The van der Waals surface area contributed by atoms with Gasteiger partial charge in [-0.05, 0) is 12.8 Å². The van der Waals surface area contributed by atoms with E-state index in [1.54, 1.807) is 11.3 Å². The van der Waals surface area contributed by atoms with E-state index in [0.29, 0.717) is 6.42 Å². The van der Waals surface area contributed by atoms with Crippen LogP contribution in [0.2, 0.25) is 0 Å². The highest BCUT2D eigenvalue weighted by molar-refractivity contribution is 7.11. The Morgan fingerprint density at radius 1 is 1.75 bits per heavy atom. The number of halogens is 1. The molecular weight excluding hydrogens is 248 g/mol. The van der Waals surface area contributed by atoms with Gasteiger partial charge in [-0.3, -0.25) is 4.79 Å². The number of carboxylic acids is 1. The van der Waals surface area contributed by atoms with Gasteiger partial charge in [0.2, 0.25) is 0 Å². The standard InChI is InChI=1S/C10H13ClN2O2S/c11-5-1-2-8-7(3-5)13-9(16-8)4-6(12)10(14)15/h5-6H,1-4,12H2,(H,14,15)/t5?,6-/m0/s1. The van der Waals surface area contributed by atoms with Crippen molar-refractivity contribution >= 4 is 28.9 Å². The summed E-state index contributed by atoms with van der Waals surface area (Å²) in [5.41, 5.74) is 6.51. The number of fused-ring (bicyclic) bond motifs is 1. The number of aryl methyl sites for hydroxylation is 1. The van der Waals surface area contributed by atoms with Gasteiger partial charge in [0.05, 0.1) is 10.7 Å². The van der Waals surface area contributed by atoms with E-state index in [2.05, 4.69) is 4.98 Å². The molecule has 2 atom stereocenters. The van der Waals surface area contributed by atoms with E-state index in [1.165, 1.54) is 4.88 Å². The van der Waals surface area contributed by atoms with E-state index in [9.17, 15) is 4.79 Å². The van der Waals surface area contributed by atoms with Crippen molar-refractivity contribution in [2.75, 3.05) is 0 Å². The van der Waals surface area contributed by atoms with E-state index in [-0.39, 0.29) is 5.38 Å². The second-order valence-electron chi connectivity index (χ2n) is 3.97. The Hall–Kier alpha value is -0.650. The number of aromatic nitrogens is 1. The number of hydrogen-bond donors (Lipinski definition) is 2. The van der Waals surface area contributed by atoms with Gasteiger partial charge in [0.1, 0.15) is 6.04 Å². The van der Waals surface area contributed by atoms with Gasteiger partial charge in [-0.2, -0.15) is 0 Å². The third-order valence-electron chi connectivity index (χ3n) is 2.63. The van der Waals surface area contributed by atoms with Gasteiger partial charge in [0.15, 0.2) is 0 Å². The van der Waals surface area contributed by atoms with E-state index in [1.807, 2.05) is 0 Å². The highest BCUT2D eigenvalue weighted by Crippen LogP contribution is 2.29. The zero-order valence-electron chi connectivity index (χ0n) is 8.65. The average Bonchev–Trinajstić information content (AvgIpc) is 2.58. The minimum Gasteiger partial charge on any atom is -0.480 e. The molecule has 0 fully saturated rings. The van der Waals surface area contributed by atoms with Crippen molar-refractivity contribution in [2.45, 2.75) is 37.1 Å². The topological polar surface area (TPSA) is 76.2 Å². The molecule has 0 radical (unpaired) electrons. The minimum absolute atomic E-state index is 0.163. The molecule has 1 aliphatic rings. The van der Waals surface area contributed by atoms with Gasteiger partial charge in [0.25, 0.3) is 0 Å². The van der Waals surface area contributed by atoms with Crippen LogP contribution in [0.3, 0.4) is 0 Å². The molecule has 1 aliphatic carbocycles. The summed E-state index contributed by atoms with van der Waals surface area (Å²) in [5.74, 6) is -0.983. The van der Waals surface area contributed by atoms with Crippen molar-refractivity contribution in [1.82, 2.24) is 4.98 Å². The first kappa shape index (κ1) is 11.8. The lowest BCUT2D eigenvalue weighted by molar-refractivity contribution is -0.138.